The van der Waals surface area contributed by atoms with Crippen molar-refractivity contribution >= 4 is 12.4 Å². The van der Waals surface area contributed by atoms with Gasteiger partial charge in [0.15, 0.2) is 5.42 Å². The summed E-state index contributed by atoms with van der Waals surface area (Å²) < 4.78 is 5.08. The quantitative estimate of drug-likeness (QED) is 0.597. The van der Waals surface area contributed by atoms with Gasteiger partial charge in [-0.1, -0.05) is 5.16 Å². The molecule has 0 radical (unpaired) electrons. The second-order valence-corrected chi connectivity index (χ2v) is 3.02. The maximum atomic E-state index is 5.08. The van der Waals surface area contributed by atoms with Crippen LogP contribution in [0.3, 0.4) is 0 Å². The van der Waals surface area contributed by atoms with Crippen molar-refractivity contribution in [3.05, 3.63) is 45.7 Å². The molecule has 0 atom stereocenters. The van der Waals surface area contributed by atoms with E-state index in [4.69, 9.17) is 4.52 Å². The molecule has 2 aromatic heterocycles. The predicted molar refractivity (Wildman–Crippen MR) is 49.7 cm³/mol. The fourth-order valence-electron chi connectivity index (χ4n) is 1.53. The van der Waals surface area contributed by atoms with Gasteiger partial charge in [0.05, 0.1) is 11.4 Å². The van der Waals surface area contributed by atoms with Gasteiger partial charge in [-0.25, -0.2) is 0 Å². The number of nitrogens with one attached hydrogen (secondary N) is 1. The van der Waals surface area contributed by atoms with Gasteiger partial charge >= 0.3 is 0 Å². The maximum absolute atomic E-state index is 5.08. The Bertz CT molecular complexity index is 672. The van der Waals surface area contributed by atoms with Crippen LogP contribution in [-0.4, -0.2) is 10.1 Å². The highest BCUT2D eigenvalue weighted by Gasteiger charge is 1.96. The summed E-state index contributed by atoms with van der Waals surface area (Å²) in [5.74, 6) is 0. The summed E-state index contributed by atoms with van der Waals surface area (Å²) in [4.78, 5) is 4.06. The van der Waals surface area contributed by atoms with E-state index in [-0.39, 0.29) is 0 Å². The van der Waals surface area contributed by atoms with Crippen LogP contribution < -0.4 is 16.0 Å². The first-order chi connectivity index (χ1) is 6.95. The third kappa shape index (κ3) is 0.939. The lowest BCUT2D eigenvalue weighted by Gasteiger charge is -1.86. The summed E-state index contributed by atoms with van der Waals surface area (Å²) >= 11 is 0. The van der Waals surface area contributed by atoms with Crippen molar-refractivity contribution in [2.45, 2.75) is 0 Å². The van der Waals surface area contributed by atoms with Crippen molar-refractivity contribution in [1.29, 1.82) is 0 Å². The fourth-order valence-corrected chi connectivity index (χ4v) is 1.53. The number of nitrogens with zero attached hydrogens (tertiary/aromatic N) is 2. The molecular formula is C10H7N3O. The first kappa shape index (κ1) is 7.32. The lowest BCUT2D eigenvalue weighted by Crippen LogP contribution is -2.07. The van der Waals surface area contributed by atoms with Gasteiger partial charge in [0.1, 0.15) is 0 Å². The molecule has 3 heterocycles. The van der Waals surface area contributed by atoms with Crippen LogP contribution in [0.4, 0.5) is 0 Å². The first-order valence-electron chi connectivity index (χ1n) is 4.27. The van der Waals surface area contributed by atoms with E-state index in [1.165, 1.54) is 0 Å². The number of pyridine rings is 1. The molecule has 0 saturated heterocycles. The van der Waals surface area contributed by atoms with Gasteiger partial charge in [-0.05, 0) is 11.3 Å². The van der Waals surface area contributed by atoms with Gasteiger partial charge in [0, 0.05) is 30.0 Å². The number of hydrogen-bond acceptors (Lipinski definition) is 4. The van der Waals surface area contributed by atoms with E-state index in [0.29, 0.717) is 0 Å². The van der Waals surface area contributed by atoms with E-state index >= 15 is 0 Å². The molecule has 0 spiro atoms. The van der Waals surface area contributed by atoms with Crippen LogP contribution in [0, 0.1) is 10.4 Å². The Morgan fingerprint density at radius 1 is 1.14 bits per heavy atom. The van der Waals surface area contributed by atoms with Gasteiger partial charge in [-0.15, -0.1) is 0 Å². The Kier molecular flexibility index (Phi) is 1.41. The monoisotopic (exact) mass is 185 g/mol. The van der Waals surface area contributed by atoms with Crippen LogP contribution in [0.2, 0.25) is 0 Å². The molecule has 0 bridgehead atoms. The van der Waals surface area contributed by atoms with E-state index in [2.05, 4.69) is 15.5 Å². The molecule has 0 saturated carbocycles. The molecule has 68 valence electrons. The summed E-state index contributed by atoms with van der Waals surface area (Å²) in [5.41, 5.74) is 0.742. The summed E-state index contributed by atoms with van der Waals surface area (Å²) in [7, 11) is 0. The molecule has 4 nitrogen and oxygen atoms in total. The minimum atomic E-state index is 0.742. The molecule has 0 aromatic carbocycles. The topological polar surface area (TPSA) is 51.0 Å². The van der Waals surface area contributed by atoms with Gasteiger partial charge < -0.3 is 9.84 Å². The van der Waals surface area contributed by atoms with Crippen molar-refractivity contribution in [3.63, 3.8) is 0 Å². The third-order valence-corrected chi connectivity index (χ3v) is 2.19. The molecule has 2 aromatic rings. The lowest BCUT2D eigenvalue weighted by molar-refractivity contribution is 0.393. The van der Waals surface area contributed by atoms with Crippen LogP contribution in [0.1, 0.15) is 0 Å². The van der Waals surface area contributed by atoms with Crippen molar-refractivity contribution < 1.29 is 4.52 Å². The highest BCUT2D eigenvalue weighted by molar-refractivity contribution is 5.35. The Morgan fingerprint density at radius 2 is 2.14 bits per heavy atom. The van der Waals surface area contributed by atoms with Crippen molar-refractivity contribution in [2.75, 3.05) is 0 Å². The van der Waals surface area contributed by atoms with Crippen LogP contribution in [0.15, 0.2) is 29.2 Å². The van der Waals surface area contributed by atoms with Gasteiger partial charge in [-0.2, -0.15) is 0 Å². The van der Waals surface area contributed by atoms with Crippen LogP contribution in [0.5, 0.6) is 0 Å². The summed E-state index contributed by atoms with van der Waals surface area (Å²) in [5, 5.41) is 9.89. The molecule has 4 heteroatoms. The lowest BCUT2D eigenvalue weighted by atomic mass is 10.2. The van der Waals surface area contributed by atoms with Gasteiger partial charge in [0.25, 0.3) is 0 Å². The molecule has 0 fully saturated rings. The normalized spacial score (nSPS) is 12.6. The van der Waals surface area contributed by atoms with Crippen LogP contribution in [0.25, 0.3) is 12.4 Å². The van der Waals surface area contributed by atoms with E-state index in [1.807, 2.05) is 12.3 Å². The minimum absolute atomic E-state index is 0.742. The molecular weight excluding hydrogens is 178 g/mol. The van der Waals surface area contributed by atoms with E-state index < -0.39 is 0 Å². The number of hydrogen-bond donors (Lipinski definition) is 1. The second-order valence-electron chi connectivity index (χ2n) is 3.02. The van der Waals surface area contributed by atoms with Crippen molar-refractivity contribution in [1.82, 2.24) is 15.5 Å². The van der Waals surface area contributed by atoms with Crippen LogP contribution >= 0.6 is 0 Å². The first-order valence-corrected chi connectivity index (χ1v) is 4.27. The zero-order valence-corrected chi connectivity index (χ0v) is 7.27. The fraction of sp³-hybridized carbons (Fsp3) is 0. The van der Waals surface area contributed by atoms with Gasteiger partial charge in [0.2, 0.25) is 0 Å². The standard InChI is InChI=1S/C10H7N3O/c1-2-11-3-7-4-12-6-10-9(8(1)7)5-13-14-10/h1-6,12H. The van der Waals surface area contributed by atoms with Crippen molar-refractivity contribution in [2.24, 2.45) is 0 Å². The molecule has 0 amide bonds. The molecule has 1 aliphatic rings. The second kappa shape index (κ2) is 2.70. The molecule has 3 rings (SSSR count). The SMILES string of the molecule is C1=c2cnccc2=c2cnoc2=CN1. The Morgan fingerprint density at radius 3 is 3.14 bits per heavy atom. The Labute approximate surface area is 78.9 Å². The zero-order valence-electron chi connectivity index (χ0n) is 7.27. The average molecular weight is 185 g/mol. The van der Waals surface area contributed by atoms with E-state index in [9.17, 15) is 0 Å². The van der Waals surface area contributed by atoms with E-state index in [1.54, 1.807) is 24.8 Å². The molecule has 0 unspecified atom stereocenters. The smallest absolute Gasteiger partial charge is 0.183 e. The molecule has 1 aliphatic heterocycles. The minimum Gasteiger partial charge on any atom is -0.364 e. The largest absolute Gasteiger partial charge is 0.364 e. The van der Waals surface area contributed by atoms with Gasteiger partial charge in [-0.3, -0.25) is 4.98 Å². The Hall–Kier alpha value is -2.10. The summed E-state index contributed by atoms with van der Waals surface area (Å²) in [6.07, 6.45) is 8.94. The predicted octanol–water partition coefficient (Wildman–Crippen LogP) is -0.564. The number of aromatic nitrogens is 2. The van der Waals surface area contributed by atoms with Crippen LogP contribution in [-0.2, 0) is 0 Å². The highest BCUT2D eigenvalue weighted by atomic mass is 16.5. The Balaban J connectivity index is 2.76. The third-order valence-electron chi connectivity index (χ3n) is 2.19. The summed E-state index contributed by atoms with van der Waals surface area (Å²) in [6.45, 7) is 0. The van der Waals surface area contributed by atoms with Crippen molar-refractivity contribution in [3.8, 4) is 0 Å². The number of fused-ring (bicyclic) bond motifs is 2. The maximum Gasteiger partial charge on any atom is 0.183 e. The highest BCUT2D eigenvalue weighted by Crippen LogP contribution is 1.86. The molecule has 0 aliphatic carbocycles. The molecule has 1 N–H and O–H groups in total. The average Bonchev–Trinajstić information content (AvgIpc) is 2.61. The molecule has 14 heavy (non-hydrogen) atoms. The number of rotatable bonds is 0. The summed E-state index contributed by atoms with van der Waals surface area (Å²) in [6, 6.07) is 1.95. The van der Waals surface area contributed by atoms with E-state index in [0.717, 1.165) is 21.1 Å². The zero-order chi connectivity index (χ0) is 9.38.